The summed E-state index contributed by atoms with van der Waals surface area (Å²) in [7, 11) is -3.17. The minimum absolute atomic E-state index is 0.0723. The minimum Gasteiger partial charge on any atom is -0.341 e. The van der Waals surface area contributed by atoms with Crippen LogP contribution in [0.3, 0.4) is 0 Å². The van der Waals surface area contributed by atoms with Crippen molar-refractivity contribution < 1.29 is 13.2 Å². The summed E-state index contributed by atoms with van der Waals surface area (Å²) in [5.74, 6) is 0.665. The summed E-state index contributed by atoms with van der Waals surface area (Å²) in [5.41, 5.74) is 2.27. The molecule has 0 saturated carbocycles. The van der Waals surface area contributed by atoms with Crippen LogP contribution in [0.1, 0.15) is 44.2 Å². The number of amides is 1. The van der Waals surface area contributed by atoms with Gasteiger partial charge in [-0.05, 0) is 30.4 Å². The quantitative estimate of drug-likeness (QED) is 0.816. The lowest BCUT2D eigenvalue weighted by atomic mass is 10.0. The third-order valence-electron chi connectivity index (χ3n) is 4.57. The molecule has 0 unspecified atom stereocenters. The molecule has 0 atom stereocenters. The second kappa shape index (κ2) is 8.12. The first-order valence-corrected chi connectivity index (χ1v) is 10.3. The largest absolute Gasteiger partial charge is 0.341 e. The summed E-state index contributed by atoms with van der Waals surface area (Å²) < 4.78 is 25.5. The van der Waals surface area contributed by atoms with Crippen molar-refractivity contribution in [2.24, 2.45) is 0 Å². The predicted octanol–water partition coefficient (Wildman–Crippen LogP) is 2.24. The van der Waals surface area contributed by atoms with E-state index >= 15 is 0 Å². The molecule has 1 aliphatic rings. The van der Waals surface area contributed by atoms with Gasteiger partial charge in [-0.25, -0.2) is 12.7 Å². The zero-order chi connectivity index (χ0) is 17.7. The third-order valence-corrected chi connectivity index (χ3v) is 6.45. The third kappa shape index (κ3) is 4.80. The fourth-order valence-electron chi connectivity index (χ4n) is 2.91. The van der Waals surface area contributed by atoms with Gasteiger partial charge in [-0.2, -0.15) is 0 Å². The summed E-state index contributed by atoms with van der Waals surface area (Å²) in [6.45, 7) is 7.95. The molecule has 1 fully saturated rings. The number of carbonyl (C=O) groups excluding carboxylic acids is 1. The van der Waals surface area contributed by atoms with E-state index in [1.165, 1.54) is 9.87 Å². The molecule has 0 aromatic heterocycles. The highest BCUT2D eigenvalue weighted by Crippen LogP contribution is 2.16. The Labute approximate surface area is 145 Å². The number of hydrogen-bond acceptors (Lipinski definition) is 3. The summed E-state index contributed by atoms with van der Waals surface area (Å²) in [4.78, 5) is 14.3. The van der Waals surface area contributed by atoms with E-state index in [1.54, 1.807) is 11.8 Å². The van der Waals surface area contributed by atoms with Gasteiger partial charge in [-0.3, -0.25) is 4.79 Å². The van der Waals surface area contributed by atoms with Crippen molar-refractivity contribution in [3.05, 3.63) is 35.4 Å². The maximum atomic E-state index is 12.5. The zero-order valence-electron chi connectivity index (χ0n) is 14.9. The van der Waals surface area contributed by atoms with Gasteiger partial charge in [-0.1, -0.05) is 38.1 Å². The van der Waals surface area contributed by atoms with E-state index in [-0.39, 0.29) is 11.7 Å². The van der Waals surface area contributed by atoms with Crippen LogP contribution in [0.2, 0.25) is 0 Å². The molecule has 1 aromatic rings. The van der Waals surface area contributed by atoms with E-state index in [0.29, 0.717) is 44.9 Å². The summed E-state index contributed by atoms with van der Waals surface area (Å²) in [6.07, 6.45) is 1.07. The highest BCUT2D eigenvalue weighted by atomic mass is 32.2. The molecule has 1 saturated heterocycles. The summed E-state index contributed by atoms with van der Waals surface area (Å²) in [6, 6.07) is 8.17. The van der Waals surface area contributed by atoms with Crippen molar-refractivity contribution in [1.82, 2.24) is 9.21 Å². The Hall–Kier alpha value is -1.40. The maximum Gasteiger partial charge on any atom is 0.227 e. The predicted molar refractivity (Wildman–Crippen MR) is 96.5 cm³/mol. The average molecular weight is 353 g/mol. The van der Waals surface area contributed by atoms with Gasteiger partial charge in [-0.15, -0.1) is 0 Å². The number of nitrogens with zero attached hydrogens (tertiary/aromatic N) is 2. The summed E-state index contributed by atoms with van der Waals surface area (Å²) in [5, 5.41) is 0. The maximum absolute atomic E-state index is 12.5. The molecule has 6 heteroatoms. The van der Waals surface area contributed by atoms with Gasteiger partial charge >= 0.3 is 0 Å². The molecule has 5 nitrogen and oxygen atoms in total. The molecule has 1 amide bonds. The molecule has 0 spiro atoms. The Balaban J connectivity index is 1.95. The molecule has 1 heterocycles. The van der Waals surface area contributed by atoms with Crippen LogP contribution in [-0.4, -0.2) is 55.5 Å². The van der Waals surface area contributed by atoms with Crippen LogP contribution in [0, 0.1) is 0 Å². The minimum atomic E-state index is -3.17. The van der Waals surface area contributed by atoms with Crippen LogP contribution < -0.4 is 0 Å². The number of sulfonamides is 1. The normalized spacial score (nSPS) is 17.1. The number of rotatable bonds is 5. The van der Waals surface area contributed by atoms with E-state index in [1.807, 2.05) is 12.1 Å². The topological polar surface area (TPSA) is 57.7 Å². The molecule has 24 heavy (non-hydrogen) atoms. The fourth-order valence-corrected chi connectivity index (χ4v) is 4.04. The lowest BCUT2D eigenvalue weighted by Crippen LogP contribution is -2.38. The number of carbonyl (C=O) groups is 1. The first-order valence-electron chi connectivity index (χ1n) is 8.68. The molecule has 0 N–H and O–H groups in total. The second-order valence-corrected chi connectivity index (χ2v) is 8.86. The van der Waals surface area contributed by atoms with Gasteiger partial charge in [0.05, 0.1) is 12.2 Å². The molecule has 0 bridgehead atoms. The van der Waals surface area contributed by atoms with Crippen LogP contribution in [0.15, 0.2) is 24.3 Å². The smallest absolute Gasteiger partial charge is 0.227 e. The van der Waals surface area contributed by atoms with Gasteiger partial charge in [0.2, 0.25) is 15.9 Å². The van der Waals surface area contributed by atoms with Gasteiger partial charge in [0.25, 0.3) is 0 Å². The standard InChI is InChI=1S/C18H28N2O3S/c1-4-24(22,23)20-11-5-10-19(12-13-20)18(21)14-16-6-8-17(9-7-16)15(2)3/h6-9,15H,4-5,10-14H2,1-3H3. The highest BCUT2D eigenvalue weighted by Gasteiger charge is 2.25. The molecule has 1 aromatic carbocycles. The van der Waals surface area contributed by atoms with E-state index in [4.69, 9.17) is 0 Å². The van der Waals surface area contributed by atoms with Crippen LogP contribution in [0.5, 0.6) is 0 Å². The Morgan fingerprint density at radius 2 is 1.75 bits per heavy atom. The van der Waals surface area contributed by atoms with Gasteiger partial charge in [0, 0.05) is 26.2 Å². The first-order chi connectivity index (χ1) is 11.3. The van der Waals surface area contributed by atoms with E-state index in [0.717, 1.165) is 5.56 Å². The van der Waals surface area contributed by atoms with Crippen molar-refractivity contribution in [1.29, 1.82) is 0 Å². The van der Waals surface area contributed by atoms with Crippen LogP contribution in [0.25, 0.3) is 0 Å². The Kier molecular flexibility index (Phi) is 6.40. The molecule has 0 radical (unpaired) electrons. The second-order valence-electron chi connectivity index (χ2n) is 6.61. The van der Waals surface area contributed by atoms with E-state index < -0.39 is 10.0 Å². The van der Waals surface area contributed by atoms with Crippen molar-refractivity contribution in [3.8, 4) is 0 Å². The lowest BCUT2D eigenvalue weighted by molar-refractivity contribution is -0.130. The van der Waals surface area contributed by atoms with E-state index in [2.05, 4.69) is 26.0 Å². The molecule has 134 valence electrons. The van der Waals surface area contributed by atoms with Crippen molar-refractivity contribution in [2.45, 2.75) is 39.5 Å². The van der Waals surface area contributed by atoms with Gasteiger partial charge in [0.1, 0.15) is 0 Å². The van der Waals surface area contributed by atoms with Crippen LogP contribution in [0.4, 0.5) is 0 Å². The van der Waals surface area contributed by atoms with Crippen molar-refractivity contribution in [3.63, 3.8) is 0 Å². The van der Waals surface area contributed by atoms with Crippen LogP contribution >= 0.6 is 0 Å². The molecule has 2 rings (SSSR count). The molecular weight excluding hydrogens is 324 g/mol. The van der Waals surface area contributed by atoms with Crippen LogP contribution in [-0.2, 0) is 21.2 Å². The lowest BCUT2D eigenvalue weighted by Gasteiger charge is -2.21. The average Bonchev–Trinajstić information content (AvgIpc) is 2.82. The highest BCUT2D eigenvalue weighted by molar-refractivity contribution is 7.89. The molecular formula is C18H28N2O3S. The van der Waals surface area contributed by atoms with Crippen molar-refractivity contribution >= 4 is 15.9 Å². The zero-order valence-corrected chi connectivity index (χ0v) is 15.7. The Bertz CT molecular complexity index is 653. The number of hydrogen-bond donors (Lipinski definition) is 0. The fraction of sp³-hybridized carbons (Fsp3) is 0.611. The molecule has 1 aliphatic heterocycles. The van der Waals surface area contributed by atoms with E-state index in [9.17, 15) is 13.2 Å². The van der Waals surface area contributed by atoms with Gasteiger partial charge < -0.3 is 4.90 Å². The van der Waals surface area contributed by atoms with Crippen molar-refractivity contribution in [2.75, 3.05) is 31.9 Å². The summed E-state index contributed by atoms with van der Waals surface area (Å²) >= 11 is 0. The Morgan fingerprint density at radius 1 is 1.08 bits per heavy atom. The SMILES string of the molecule is CCS(=O)(=O)N1CCCN(C(=O)Cc2ccc(C(C)C)cc2)CC1. The Morgan fingerprint density at radius 3 is 2.33 bits per heavy atom. The molecule has 0 aliphatic carbocycles. The number of benzene rings is 1. The first kappa shape index (κ1) is 18.9. The van der Waals surface area contributed by atoms with Gasteiger partial charge in [0.15, 0.2) is 0 Å². The monoisotopic (exact) mass is 352 g/mol.